The number of halogens is 1. The zero-order chi connectivity index (χ0) is 48.9. The maximum atomic E-state index is 13.8. The van der Waals surface area contributed by atoms with Crippen LogP contribution in [0.4, 0.5) is 0 Å². The van der Waals surface area contributed by atoms with Gasteiger partial charge in [-0.05, 0) is 83.1 Å². The Bertz CT molecular complexity index is 2130. The number of benzene rings is 3. The van der Waals surface area contributed by atoms with Crippen molar-refractivity contribution in [3.63, 3.8) is 0 Å². The quantitative estimate of drug-likeness (QED) is 0.0287. The molecule has 67 heavy (non-hydrogen) atoms. The highest BCUT2D eigenvalue weighted by Crippen LogP contribution is 2.40. The zero-order valence-electron chi connectivity index (χ0n) is 40.4. The van der Waals surface area contributed by atoms with Crippen molar-refractivity contribution in [3.8, 4) is 0 Å². The highest BCUT2D eigenvalue weighted by molar-refractivity contribution is 7.91. The van der Waals surface area contributed by atoms with Gasteiger partial charge in [0.2, 0.25) is 0 Å². The van der Waals surface area contributed by atoms with E-state index in [9.17, 15) is 23.1 Å². The molecule has 11 nitrogen and oxygen atoms in total. The number of methoxy groups -OCH3 is 1. The normalized spacial score (nSPS) is 23.0. The average molecular weight is 982 g/mol. The van der Waals surface area contributed by atoms with Gasteiger partial charge in [0.25, 0.3) is 8.32 Å². The summed E-state index contributed by atoms with van der Waals surface area (Å²) in [5.74, 6) is -2.31. The molecule has 0 bridgehead atoms. The van der Waals surface area contributed by atoms with Crippen molar-refractivity contribution < 1.29 is 51.2 Å². The zero-order valence-corrected chi connectivity index (χ0v) is 43.0. The summed E-state index contributed by atoms with van der Waals surface area (Å²) in [4.78, 5) is 23.8. The number of rotatable bonds is 25. The summed E-state index contributed by atoms with van der Waals surface area (Å²) in [5.41, 5.74) is 1.64. The summed E-state index contributed by atoms with van der Waals surface area (Å²) < 4.78 is 64.2. The molecule has 0 amide bonds. The van der Waals surface area contributed by atoms with Crippen molar-refractivity contribution in [2.24, 2.45) is 11.8 Å². The molecule has 2 saturated heterocycles. The van der Waals surface area contributed by atoms with Crippen LogP contribution < -0.4 is 10.4 Å². The van der Waals surface area contributed by atoms with Crippen LogP contribution in [0.5, 0.6) is 0 Å². The minimum absolute atomic E-state index is 0.0453. The summed E-state index contributed by atoms with van der Waals surface area (Å²) >= 11 is 6.99. The monoisotopic (exact) mass is 980 g/mol. The molecule has 3 aromatic rings. The van der Waals surface area contributed by atoms with E-state index in [1.807, 2.05) is 6.92 Å². The van der Waals surface area contributed by atoms with Crippen LogP contribution in [0.1, 0.15) is 92.9 Å². The number of hydrogen-bond acceptors (Lipinski definition) is 11. The van der Waals surface area contributed by atoms with Gasteiger partial charge in [-0.3, -0.25) is 9.59 Å². The molecule has 14 heteroatoms. The molecule has 2 aliphatic rings. The summed E-state index contributed by atoms with van der Waals surface area (Å²) in [6.07, 6.45) is 0.393. The molecule has 0 spiro atoms. The second kappa shape index (κ2) is 24.8. The van der Waals surface area contributed by atoms with Crippen molar-refractivity contribution >= 4 is 52.1 Å². The molecule has 10 atom stereocenters. The Kier molecular flexibility index (Phi) is 20.1. The highest BCUT2D eigenvalue weighted by atomic mass is 35.5. The van der Waals surface area contributed by atoms with E-state index in [0.29, 0.717) is 25.0 Å². The summed E-state index contributed by atoms with van der Waals surface area (Å²) in [7, 11) is -4.96. The number of aliphatic hydroxyl groups excluding tert-OH is 1. The lowest BCUT2D eigenvalue weighted by Gasteiger charge is -2.43. The molecule has 0 radical (unpaired) electrons. The minimum Gasteiger partial charge on any atom is -0.462 e. The third kappa shape index (κ3) is 14.7. The summed E-state index contributed by atoms with van der Waals surface area (Å²) in [5, 5.41) is 13.9. The lowest BCUT2D eigenvalue weighted by molar-refractivity contribution is -0.159. The van der Waals surface area contributed by atoms with Crippen LogP contribution in [0.25, 0.3) is 0 Å². The Morgan fingerprint density at radius 3 is 2.04 bits per heavy atom. The van der Waals surface area contributed by atoms with Crippen molar-refractivity contribution in [2.75, 3.05) is 26.1 Å². The largest absolute Gasteiger partial charge is 0.462 e. The molecule has 2 heterocycles. The van der Waals surface area contributed by atoms with Crippen LogP contribution in [0.15, 0.2) is 120 Å². The minimum atomic E-state index is -3.81. The van der Waals surface area contributed by atoms with Crippen molar-refractivity contribution in [2.45, 2.75) is 151 Å². The third-order valence-electron chi connectivity index (χ3n) is 13.3. The lowest BCUT2D eigenvalue weighted by atomic mass is 9.86. The SMILES string of the molecule is C=C1C[C@H](CCCO[Si](c2ccccc2)(c2ccccc2)C(C)(C)C)O[C@H]1CC[C@H](Cl)C[C@@H](C)C(=C)[C@@H](O)C[C@@H]1O[C@H](C[C@@H](COC(C)=O)OC(C)=O)[C@H](OC)[C@H]1CS(=O)(=O)c1ccccc1. The van der Waals surface area contributed by atoms with Gasteiger partial charge < -0.3 is 33.2 Å². The number of esters is 2. The lowest BCUT2D eigenvalue weighted by Crippen LogP contribution is -2.66. The number of hydrogen-bond donors (Lipinski definition) is 1. The Morgan fingerprint density at radius 2 is 1.49 bits per heavy atom. The Hall–Kier alpha value is -3.66. The van der Waals surface area contributed by atoms with Crippen LogP contribution in [0.3, 0.4) is 0 Å². The first-order valence-electron chi connectivity index (χ1n) is 23.6. The number of aliphatic hydroxyl groups is 1. The van der Waals surface area contributed by atoms with Crippen LogP contribution >= 0.6 is 11.6 Å². The van der Waals surface area contributed by atoms with Gasteiger partial charge in [0.15, 0.2) is 9.84 Å². The molecule has 3 aromatic carbocycles. The van der Waals surface area contributed by atoms with Gasteiger partial charge in [0, 0.05) is 51.7 Å². The Labute approximate surface area is 405 Å². The van der Waals surface area contributed by atoms with E-state index in [2.05, 4.69) is 94.6 Å². The van der Waals surface area contributed by atoms with Gasteiger partial charge in [-0.25, -0.2) is 8.42 Å². The molecule has 2 aliphatic heterocycles. The van der Waals surface area contributed by atoms with Gasteiger partial charge in [-0.15, -0.1) is 11.6 Å². The molecule has 1 N–H and O–H groups in total. The van der Waals surface area contributed by atoms with Crippen LogP contribution in [0.2, 0.25) is 5.04 Å². The molecule has 0 unspecified atom stereocenters. The Balaban J connectivity index is 1.15. The highest BCUT2D eigenvalue weighted by Gasteiger charge is 2.51. The van der Waals surface area contributed by atoms with Crippen molar-refractivity contribution in [1.29, 1.82) is 0 Å². The number of carbonyl (C=O) groups excluding carboxylic acids is 2. The van der Waals surface area contributed by atoms with E-state index in [1.54, 1.807) is 18.2 Å². The fourth-order valence-corrected chi connectivity index (χ4v) is 16.6. The fraction of sp³-hybridized carbons (Fsp3) is 0.547. The van der Waals surface area contributed by atoms with E-state index in [0.717, 1.165) is 31.3 Å². The number of sulfone groups is 1. The molecule has 5 rings (SSSR count). The predicted octanol–water partition coefficient (Wildman–Crippen LogP) is 8.54. The molecule has 0 aromatic heterocycles. The summed E-state index contributed by atoms with van der Waals surface area (Å²) in [6, 6.07) is 29.5. The maximum absolute atomic E-state index is 13.8. The van der Waals surface area contributed by atoms with Crippen molar-refractivity contribution in [3.05, 3.63) is 115 Å². The topological polar surface area (TPSA) is 144 Å². The third-order valence-corrected chi connectivity index (χ3v) is 20.5. The average Bonchev–Trinajstić information content (AvgIpc) is 3.80. The van der Waals surface area contributed by atoms with Crippen molar-refractivity contribution in [1.82, 2.24) is 0 Å². The van der Waals surface area contributed by atoms with E-state index < -0.39 is 66.5 Å². The van der Waals surface area contributed by atoms with Gasteiger partial charge >= 0.3 is 11.9 Å². The van der Waals surface area contributed by atoms with Crippen LogP contribution in [0, 0.1) is 11.8 Å². The van der Waals surface area contributed by atoms with E-state index in [4.69, 9.17) is 39.7 Å². The van der Waals surface area contributed by atoms with Crippen LogP contribution in [-0.4, -0.2) is 108 Å². The second-order valence-electron chi connectivity index (χ2n) is 19.3. The summed E-state index contributed by atoms with van der Waals surface area (Å²) in [6.45, 7) is 20.4. The van der Waals surface area contributed by atoms with E-state index >= 15 is 0 Å². The molecule has 368 valence electrons. The molecule has 0 saturated carbocycles. The molecular weight excluding hydrogens is 908 g/mol. The second-order valence-corrected chi connectivity index (χ2v) is 26.3. The smallest absolute Gasteiger partial charge is 0.303 e. The van der Waals surface area contributed by atoms with Crippen LogP contribution in [-0.2, 0) is 47.5 Å². The Morgan fingerprint density at radius 1 is 0.896 bits per heavy atom. The van der Waals surface area contributed by atoms with E-state index in [-0.39, 0.29) is 58.6 Å². The molecular formula is C53H73ClO11SSi. The molecule has 2 fully saturated rings. The number of ether oxygens (including phenoxy) is 5. The van der Waals surface area contributed by atoms with Gasteiger partial charge in [0.05, 0.1) is 47.3 Å². The fourth-order valence-electron chi connectivity index (χ4n) is 9.90. The first kappa shape index (κ1) is 54.3. The van der Waals surface area contributed by atoms with E-state index in [1.165, 1.54) is 43.5 Å². The maximum Gasteiger partial charge on any atom is 0.303 e. The first-order chi connectivity index (χ1) is 31.7. The van der Waals surface area contributed by atoms with Gasteiger partial charge in [-0.1, -0.05) is 120 Å². The predicted molar refractivity (Wildman–Crippen MR) is 266 cm³/mol. The van der Waals surface area contributed by atoms with Gasteiger partial charge in [-0.2, -0.15) is 0 Å². The first-order valence-corrected chi connectivity index (χ1v) is 27.6. The standard InChI is InChI=1S/C53H73ClO11SSi/c1-36(30-41(54)27-28-49-37(2)31-42(64-49)20-19-29-62-67(53(6,7)8,45-23-15-11-16-24-45)46-25-17-12-18-26-46)38(3)48(57)33-50-47(35-66(58,59)44-21-13-10-14-22-44)52(60-9)51(65-50)32-43(63-40(5)56)34-61-39(4)55/h10-18,21-26,36,41-43,47-52,57H,2-3,19-20,27-35H2,1,4-9H3/t36-,41+,42+,43+,47+,48+,49+,50+,51-,52-/m1/s1. The molecule has 0 aliphatic carbocycles. The number of alkyl halides is 1. The van der Waals surface area contributed by atoms with Gasteiger partial charge in [0.1, 0.15) is 12.7 Å². The number of carbonyl (C=O) groups is 2.